The summed E-state index contributed by atoms with van der Waals surface area (Å²) in [6, 6.07) is 4.15. The summed E-state index contributed by atoms with van der Waals surface area (Å²) >= 11 is 6.57. The molecule has 2 rings (SSSR count). The van der Waals surface area contributed by atoms with Crippen molar-refractivity contribution in [2.45, 2.75) is 23.4 Å². The minimum absolute atomic E-state index is 0.0110. The van der Waals surface area contributed by atoms with E-state index in [0.717, 1.165) is 21.6 Å². The number of amides is 1. The summed E-state index contributed by atoms with van der Waals surface area (Å²) in [4.78, 5) is 13.0. The van der Waals surface area contributed by atoms with E-state index in [4.69, 9.17) is 0 Å². The van der Waals surface area contributed by atoms with Gasteiger partial charge < -0.3 is 5.32 Å². The molecule has 0 aliphatic carbocycles. The topological polar surface area (TPSA) is 54.9 Å². The van der Waals surface area contributed by atoms with Crippen LogP contribution in [0.1, 0.15) is 18.2 Å². The molecule has 0 aliphatic rings. The number of hydrogen-bond acceptors (Lipinski definition) is 7. The first-order valence-electron chi connectivity index (χ1n) is 6.14. The van der Waals surface area contributed by atoms with E-state index in [0.29, 0.717) is 11.6 Å². The molecule has 2 heterocycles. The van der Waals surface area contributed by atoms with Crippen molar-refractivity contribution in [3.63, 3.8) is 0 Å². The van der Waals surface area contributed by atoms with E-state index in [-0.39, 0.29) is 5.91 Å². The number of nitrogens with zero attached hydrogens (tertiary/aromatic N) is 2. The molecular formula is C12H15N3OS4. The van der Waals surface area contributed by atoms with Gasteiger partial charge in [0.15, 0.2) is 4.34 Å². The molecule has 0 radical (unpaired) electrons. The minimum Gasteiger partial charge on any atom is -0.300 e. The average molecular weight is 346 g/mol. The number of anilines is 1. The van der Waals surface area contributed by atoms with Gasteiger partial charge in [0.25, 0.3) is 0 Å². The van der Waals surface area contributed by atoms with Gasteiger partial charge in [-0.3, -0.25) is 4.79 Å². The van der Waals surface area contributed by atoms with Gasteiger partial charge in [-0.1, -0.05) is 36.1 Å². The molecule has 0 aliphatic heterocycles. The Morgan fingerprint density at radius 3 is 3.10 bits per heavy atom. The molecule has 108 valence electrons. The van der Waals surface area contributed by atoms with E-state index in [1.807, 2.05) is 6.07 Å². The smallest absolute Gasteiger partial charge is 0.227 e. The molecule has 0 aromatic carbocycles. The van der Waals surface area contributed by atoms with Crippen LogP contribution in [0.15, 0.2) is 21.9 Å². The molecule has 1 N–H and O–H groups in total. The Kier molecular flexibility index (Phi) is 6.85. The van der Waals surface area contributed by atoms with Crippen LogP contribution in [0.5, 0.6) is 0 Å². The van der Waals surface area contributed by atoms with Crippen molar-refractivity contribution in [1.29, 1.82) is 0 Å². The Balaban J connectivity index is 1.75. The van der Waals surface area contributed by atoms with Crippen molar-refractivity contribution in [2.75, 3.05) is 16.8 Å². The van der Waals surface area contributed by atoms with E-state index < -0.39 is 0 Å². The first kappa shape index (κ1) is 15.8. The van der Waals surface area contributed by atoms with Gasteiger partial charge in [0.1, 0.15) is 0 Å². The highest BCUT2D eigenvalue weighted by atomic mass is 32.2. The summed E-state index contributed by atoms with van der Waals surface area (Å²) in [5.74, 6) is 2.79. The Morgan fingerprint density at radius 1 is 1.45 bits per heavy atom. The Labute approximate surface area is 134 Å². The summed E-state index contributed by atoms with van der Waals surface area (Å²) in [6.07, 6.45) is 0.524. The van der Waals surface area contributed by atoms with Crippen molar-refractivity contribution in [3.8, 4) is 0 Å². The van der Waals surface area contributed by atoms with Crippen molar-refractivity contribution in [2.24, 2.45) is 0 Å². The van der Waals surface area contributed by atoms with Gasteiger partial charge in [-0.25, -0.2) is 0 Å². The molecule has 2 aromatic rings. The van der Waals surface area contributed by atoms with Crippen molar-refractivity contribution >= 4 is 57.2 Å². The molecule has 4 nitrogen and oxygen atoms in total. The lowest BCUT2D eigenvalue weighted by Gasteiger charge is -1.99. The van der Waals surface area contributed by atoms with Crippen LogP contribution in [0.2, 0.25) is 0 Å². The fourth-order valence-electron chi connectivity index (χ4n) is 1.34. The highest BCUT2D eigenvalue weighted by molar-refractivity contribution is 8.00. The number of carbonyl (C=O) groups is 1. The normalized spacial score (nSPS) is 10.7. The minimum atomic E-state index is 0.0110. The maximum absolute atomic E-state index is 11.7. The third kappa shape index (κ3) is 5.43. The second kappa shape index (κ2) is 8.66. The highest BCUT2D eigenvalue weighted by Crippen LogP contribution is 2.29. The fourth-order valence-corrected chi connectivity index (χ4v) is 4.50. The third-order valence-electron chi connectivity index (χ3n) is 2.25. The summed E-state index contributed by atoms with van der Waals surface area (Å²) in [5.41, 5.74) is 0. The molecule has 0 saturated heterocycles. The van der Waals surface area contributed by atoms with Crippen LogP contribution >= 0.6 is 46.2 Å². The van der Waals surface area contributed by atoms with Crippen LogP contribution in [0, 0.1) is 0 Å². The van der Waals surface area contributed by atoms with Crippen LogP contribution in [-0.4, -0.2) is 27.6 Å². The van der Waals surface area contributed by atoms with Gasteiger partial charge in [-0.15, -0.1) is 21.5 Å². The van der Waals surface area contributed by atoms with Crippen molar-refractivity contribution in [3.05, 3.63) is 22.4 Å². The molecule has 0 fully saturated rings. The van der Waals surface area contributed by atoms with Gasteiger partial charge in [-0.2, -0.15) is 11.8 Å². The van der Waals surface area contributed by atoms with Crippen LogP contribution in [-0.2, 0) is 10.5 Å². The van der Waals surface area contributed by atoms with Gasteiger partial charge >= 0.3 is 0 Å². The van der Waals surface area contributed by atoms with Gasteiger partial charge in [-0.05, 0) is 17.2 Å². The summed E-state index contributed by atoms with van der Waals surface area (Å²) < 4.78 is 0.886. The van der Waals surface area contributed by atoms with E-state index in [2.05, 4.69) is 33.9 Å². The van der Waals surface area contributed by atoms with E-state index in [9.17, 15) is 4.79 Å². The zero-order valence-corrected chi connectivity index (χ0v) is 14.3. The summed E-state index contributed by atoms with van der Waals surface area (Å²) in [6.45, 7) is 2.09. The van der Waals surface area contributed by atoms with Crippen molar-refractivity contribution in [1.82, 2.24) is 10.2 Å². The van der Waals surface area contributed by atoms with Gasteiger partial charge in [0, 0.05) is 22.8 Å². The standard InChI is InChI=1S/C12H15N3OS4/c1-2-17-7-5-10(16)13-11-14-15-12(20-11)19-8-9-4-3-6-18-9/h3-4,6H,2,5,7-8H2,1H3,(H,13,14,16). The lowest BCUT2D eigenvalue weighted by atomic mass is 10.5. The number of rotatable bonds is 8. The third-order valence-corrected chi connectivity index (χ3v) is 6.23. The Morgan fingerprint density at radius 2 is 2.35 bits per heavy atom. The predicted molar refractivity (Wildman–Crippen MR) is 90.0 cm³/mol. The monoisotopic (exact) mass is 345 g/mol. The lowest BCUT2D eigenvalue weighted by molar-refractivity contribution is -0.115. The predicted octanol–water partition coefficient (Wildman–Crippen LogP) is 3.97. The largest absolute Gasteiger partial charge is 0.300 e. The number of hydrogen-bond donors (Lipinski definition) is 1. The number of carbonyl (C=O) groups excluding carboxylic acids is 1. The average Bonchev–Trinajstić information content (AvgIpc) is 3.08. The summed E-state index contributed by atoms with van der Waals surface area (Å²) in [7, 11) is 0. The molecular weight excluding hydrogens is 330 g/mol. The number of nitrogens with one attached hydrogen (secondary N) is 1. The van der Waals surface area contributed by atoms with Crippen molar-refractivity contribution < 1.29 is 4.79 Å². The molecule has 0 spiro atoms. The molecule has 20 heavy (non-hydrogen) atoms. The maximum atomic E-state index is 11.7. The quantitative estimate of drug-likeness (QED) is 0.446. The van der Waals surface area contributed by atoms with E-state index >= 15 is 0 Å². The molecule has 0 atom stereocenters. The van der Waals surface area contributed by atoms with Crippen LogP contribution in [0.3, 0.4) is 0 Å². The van der Waals surface area contributed by atoms with Gasteiger partial charge in [0.2, 0.25) is 11.0 Å². The maximum Gasteiger partial charge on any atom is 0.227 e. The number of aromatic nitrogens is 2. The zero-order valence-electron chi connectivity index (χ0n) is 11.0. The Bertz CT molecular complexity index is 527. The fraction of sp³-hybridized carbons (Fsp3) is 0.417. The molecule has 0 bridgehead atoms. The van der Waals surface area contributed by atoms with Gasteiger partial charge in [0.05, 0.1) is 0 Å². The molecule has 1 amide bonds. The molecule has 0 unspecified atom stereocenters. The van der Waals surface area contributed by atoms with Crippen LogP contribution in [0.25, 0.3) is 0 Å². The molecule has 8 heteroatoms. The number of thiophene rings is 1. The second-order valence-corrected chi connectivity index (χ2v) is 8.36. The second-order valence-electron chi connectivity index (χ2n) is 3.74. The first-order valence-corrected chi connectivity index (χ1v) is 9.98. The Hall–Kier alpha value is -0.570. The summed E-state index contributed by atoms with van der Waals surface area (Å²) in [5, 5.41) is 13.5. The first-order chi connectivity index (χ1) is 9.78. The van der Waals surface area contributed by atoms with Crippen LogP contribution in [0.4, 0.5) is 5.13 Å². The molecule has 0 saturated carbocycles. The van der Waals surface area contributed by atoms with Crippen LogP contribution < -0.4 is 5.32 Å². The molecule has 2 aromatic heterocycles. The SMILES string of the molecule is CCSCCC(=O)Nc1nnc(SCc2cccs2)s1. The van der Waals surface area contributed by atoms with E-state index in [1.54, 1.807) is 34.9 Å². The zero-order chi connectivity index (χ0) is 14.2. The lowest BCUT2D eigenvalue weighted by Crippen LogP contribution is -2.11. The highest BCUT2D eigenvalue weighted by Gasteiger charge is 2.08. The number of thioether (sulfide) groups is 2. The van der Waals surface area contributed by atoms with E-state index in [1.165, 1.54) is 16.2 Å².